The molecule has 0 N–H and O–H groups in total. The Morgan fingerprint density at radius 3 is 1.11 bits per heavy atom. The fourth-order valence-electron chi connectivity index (χ4n) is 15.0. The van der Waals surface area contributed by atoms with E-state index in [0.29, 0.717) is 34.7 Å². The molecule has 1 aromatic carbocycles. The van der Waals surface area contributed by atoms with Crippen molar-refractivity contribution in [3.05, 3.63) is 71.7 Å². The summed E-state index contributed by atoms with van der Waals surface area (Å²) >= 11 is 16.2. The van der Waals surface area contributed by atoms with Crippen LogP contribution in [0.25, 0.3) is 46.6 Å². The summed E-state index contributed by atoms with van der Waals surface area (Å²) in [5.74, 6) is 0.762. The number of hydrogen-bond donors (Lipinski definition) is 0. The molecule has 4 atom stereocenters. The van der Waals surface area contributed by atoms with Gasteiger partial charge in [0.05, 0.1) is 30.5 Å². The van der Waals surface area contributed by atoms with Crippen LogP contribution in [0.3, 0.4) is 0 Å². The second-order valence-corrected chi connectivity index (χ2v) is 37.2. The zero-order valence-electron chi connectivity index (χ0n) is 63.0. The Hall–Kier alpha value is -1.21. The summed E-state index contributed by atoms with van der Waals surface area (Å²) in [5, 5.41) is 0. The monoisotopic (exact) mass is 1550 g/mol. The first-order chi connectivity index (χ1) is 47.4. The van der Waals surface area contributed by atoms with Gasteiger partial charge >= 0.3 is 0 Å². The predicted octanol–water partition coefficient (Wildman–Crippen LogP) is 34.2. The number of unbranched alkanes of at least 4 members (excludes halogenated alkanes) is 32. The van der Waals surface area contributed by atoms with E-state index in [1.807, 2.05) is 11.3 Å². The number of hydrogen-bond acceptors (Lipinski definition) is 7. The fraction of sp³-hybridized carbons (Fsp3) is 0.744. The number of thiophene rings is 3. The van der Waals surface area contributed by atoms with Gasteiger partial charge in [-0.15, -0.1) is 34.0 Å². The third kappa shape index (κ3) is 32.8. The van der Waals surface area contributed by atoms with Gasteiger partial charge in [-0.05, 0) is 116 Å². The van der Waals surface area contributed by atoms with E-state index in [-0.39, 0.29) is 11.1 Å². The molecule has 550 valence electrons. The molecule has 0 bridgehead atoms. The van der Waals surface area contributed by atoms with E-state index in [2.05, 4.69) is 112 Å². The van der Waals surface area contributed by atoms with E-state index < -0.39 is 11.6 Å². The van der Waals surface area contributed by atoms with Crippen LogP contribution in [-0.4, -0.2) is 8.75 Å². The number of aromatic nitrogens is 2. The molecule has 0 aliphatic heterocycles. The normalized spacial score (nSPS) is 13.4. The third-order valence-electron chi connectivity index (χ3n) is 21.0. The van der Waals surface area contributed by atoms with Crippen molar-refractivity contribution in [2.45, 2.75) is 389 Å². The predicted molar refractivity (Wildman–Crippen MR) is 445 cm³/mol. The maximum Gasteiger partial charge on any atom is 0.170 e. The molecule has 0 saturated carbocycles. The lowest BCUT2D eigenvalue weighted by molar-refractivity contribution is 0.402. The Balaban J connectivity index is 1.61. The van der Waals surface area contributed by atoms with Gasteiger partial charge in [0.25, 0.3) is 0 Å². The minimum absolute atomic E-state index is 0.256. The molecule has 0 aliphatic carbocycles. The molecule has 2 nitrogen and oxygen atoms in total. The van der Waals surface area contributed by atoms with Crippen LogP contribution < -0.4 is 0 Å². The summed E-state index contributed by atoms with van der Waals surface area (Å²) in [6.07, 6.45) is 68.1. The lowest BCUT2D eigenvalue weighted by Gasteiger charge is -2.18. The van der Waals surface area contributed by atoms with E-state index in [1.54, 1.807) is 34.4 Å². The van der Waals surface area contributed by atoms with Crippen LogP contribution in [0.15, 0.2) is 38.5 Å². The SMILES string of the molecule is C=C(S/C(Br)=C/CC(CCCCCC)CCCCCCCC)c1sc(-c2c(F)c(F)c(-c3cc(CC(CCCCCC)CCCCCCCC)c(-c4cc(CC(CCCCCC)CCCCCCCC)c(Br)s4)s3)c3nsnc23)cc1CC(CCCCCC)CCCCCCCC. The topological polar surface area (TPSA) is 25.8 Å². The molecule has 0 spiro atoms. The molecule has 0 radical (unpaired) electrons. The van der Waals surface area contributed by atoms with Crippen molar-refractivity contribution in [1.82, 2.24) is 8.75 Å². The Morgan fingerprint density at radius 2 is 0.722 bits per heavy atom. The first kappa shape index (κ1) is 86.4. The fourth-order valence-corrected chi connectivity index (χ4v) is 21.4. The number of fused-ring (bicyclic) bond motifs is 1. The lowest BCUT2D eigenvalue weighted by atomic mass is 9.88. The highest BCUT2D eigenvalue weighted by Gasteiger charge is 2.31. The Morgan fingerprint density at radius 1 is 0.412 bits per heavy atom. The highest BCUT2D eigenvalue weighted by Crippen LogP contribution is 2.51. The molecule has 5 rings (SSSR count). The number of benzene rings is 1. The van der Waals surface area contributed by atoms with Crippen LogP contribution >= 0.6 is 89.4 Å². The Kier molecular flexibility index (Phi) is 47.7. The van der Waals surface area contributed by atoms with Crippen LogP contribution in [0.2, 0.25) is 0 Å². The van der Waals surface area contributed by atoms with E-state index in [4.69, 9.17) is 15.3 Å². The van der Waals surface area contributed by atoms with Crippen molar-refractivity contribution in [3.63, 3.8) is 0 Å². The largest absolute Gasteiger partial charge is 0.203 e. The summed E-state index contributed by atoms with van der Waals surface area (Å²) in [6, 6.07) is 6.96. The Bertz CT molecular complexity index is 2860. The van der Waals surface area contributed by atoms with Crippen molar-refractivity contribution >= 4 is 105 Å². The van der Waals surface area contributed by atoms with Crippen LogP contribution in [0.4, 0.5) is 8.78 Å². The van der Waals surface area contributed by atoms with E-state index in [9.17, 15) is 0 Å². The minimum Gasteiger partial charge on any atom is -0.203 e. The number of allylic oxidation sites excluding steroid dienone is 1. The highest BCUT2D eigenvalue weighted by molar-refractivity contribution is 9.14. The summed E-state index contributed by atoms with van der Waals surface area (Å²) in [4.78, 5) is 6.04. The molecule has 0 amide bonds. The molecule has 4 heterocycles. The maximum absolute atomic E-state index is 18.2. The van der Waals surface area contributed by atoms with Crippen molar-refractivity contribution in [2.75, 3.05) is 0 Å². The van der Waals surface area contributed by atoms with Crippen molar-refractivity contribution in [3.8, 4) is 30.6 Å². The summed E-state index contributed by atoms with van der Waals surface area (Å²) in [6.45, 7) is 23.3. The van der Waals surface area contributed by atoms with E-state index in [0.717, 1.165) is 60.8 Å². The third-order valence-corrected chi connectivity index (χ3v) is 27.9. The zero-order chi connectivity index (χ0) is 69.7. The lowest BCUT2D eigenvalue weighted by Crippen LogP contribution is -2.06. The van der Waals surface area contributed by atoms with Crippen LogP contribution in [-0.2, 0) is 19.3 Å². The molecule has 97 heavy (non-hydrogen) atoms. The second-order valence-electron chi connectivity index (χ2n) is 29.6. The molecule has 0 aliphatic rings. The van der Waals surface area contributed by atoms with Gasteiger partial charge in [0.15, 0.2) is 11.6 Å². The smallest absolute Gasteiger partial charge is 0.170 e. The molecule has 11 heteroatoms. The summed E-state index contributed by atoms with van der Waals surface area (Å²) in [7, 11) is 0. The second kappa shape index (κ2) is 53.5. The van der Waals surface area contributed by atoms with Gasteiger partial charge in [-0.1, -0.05) is 388 Å². The quantitative estimate of drug-likeness (QED) is 0.0363. The van der Waals surface area contributed by atoms with E-state index >= 15 is 8.78 Å². The maximum atomic E-state index is 18.2. The first-order valence-corrected chi connectivity index (χ1v) is 46.4. The van der Waals surface area contributed by atoms with Crippen LogP contribution in [0.1, 0.15) is 392 Å². The number of nitrogens with zero attached hydrogens (tertiary/aromatic N) is 2. The standard InChI is InChI=1S/C86H138Br2F2N2S5/c1-10-18-26-34-38-46-51-67(50-42-30-22-14-5)58-59-77(87)93-66(9)84-71(60-68(52-43-31-23-15-6)55-47-39-35-27-19-11-2)63-74(94-84)78-80(89)81(90)79(83-82(78)91-97-92-83)75-64-72(61-69(53-44-32-24-16-7)56-48-40-36-28-20-12-3)85(95-75)76-65-73(86(88)96-76)62-70(54-45-33-25-17-8)57-49-41-37-29-21-13-4/h59,63-65,67-70H,9-58,60-62H2,1-8H3/b77-59+. The molecule has 0 fully saturated rings. The van der Waals surface area contributed by atoms with Crippen molar-refractivity contribution in [2.24, 2.45) is 23.7 Å². The van der Waals surface area contributed by atoms with Gasteiger partial charge in [0.1, 0.15) is 11.0 Å². The van der Waals surface area contributed by atoms with Gasteiger partial charge < -0.3 is 0 Å². The number of thioether (sulfide) groups is 1. The van der Waals surface area contributed by atoms with Gasteiger partial charge in [0.2, 0.25) is 0 Å². The molecular weight excluding hydrogens is 1420 g/mol. The van der Waals surface area contributed by atoms with Crippen molar-refractivity contribution < 1.29 is 8.78 Å². The molecule has 4 unspecified atom stereocenters. The van der Waals surface area contributed by atoms with Gasteiger partial charge in [-0.3, -0.25) is 0 Å². The van der Waals surface area contributed by atoms with Gasteiger partial charge in [-0.2, -0.15) is 8.75 Å². The average molecular weight is 1560 g/mol. The molecule has 0 saturated heterocycles. The zero-order valence-corrected chi connectivity index (χ0v) is 70.3. The van der Waals surface area contributed by atoms with Crippen LogP contribution in [0, 0.1) is 35.3 Å². The molecule has 4 aromatic heterocycles. The van der Waals surface area contributed by atoms with Crippen LogP contribution in [0.5, 0.6) is 0 Å². The van der Waals surface area contributed by atoms with Gasteiger partial charge in [0, 0.05) is 29.3 Å². The van der Waals surface area contributed by atoms with Gasteiger partial charge in [-0.25, -0.2) is 8.78 Å². The van der Waals surface area contributed by atoms with E-state index in [1.165, 1.54) is 338 Å². The molecule has 5 aromatic rings. The summed E-state index contributed by atoms with van der Waals surface area (Å²) in [5.41, 5.74) is 5.39. The first-order valence-electron chi connectivity index (χ1n) is 40.9. The number of halogens is 4. The summed E-state index contributed by atoms with van der Waals surface area (Å²) < 4.78 is 48.6. The number of rotatable bonds is 62. The molecular formula is C86H138Br2F2N2S5. The van der Waals surface area contributed by atoms with Crippen molar-refractivity contribution in [1.29, 1.82) is 0 Å². The highest BCUT2D eigenvalue weighted by atomic mass is 79.9. The Labute approximate surface area is 632 Å². The minimum atomic E-state index is -0.808. The average Bonchev–Trinajstić information content (AvgIpc) is 1.67.